The maximum atomic E-state index is 14.3. The number of carbonyl (C=O) groups excluding carboxylic acids is 2. The van der Waals surface area contributed by atoms with E-state index < -0.39 is 0 Å². The van der Waals surface area contributed by atoms with Crippen molar-refractivity contribution in [2.45, 2.75) is 439 Å². The van der Waals surface area contributed by atoms with E-state index >= 15 is 0 Å². The normalized spacial score (nSPS) is 11.6. The lowest BCUT2D eigenvalue weighted by Crippen LogP contribution is -2.34. The van der Waals surface area contributed by atoms with Crippen LogP contribution in [0.15, 0.2) is 24.3 Å². The predicted molar refractivity (Wildman–Crippen MR) is 376 cm³/mol. The van der Waals surface area contributed by atoms with Crippen molar-refractivity contribution in [3.63, 3.8) is 0 Å². The summed E-state index contributed by atoms with van der Waals surface area (Å²) in [6, 6.07) is 7.91. The third-order valence-corrected chi connectivity index (χ3v) is 19.1. The topological polar surface area (TPSA) is 40.6 Å². The highest BCUT2D eigenvalue weighted by Gasteiger charge is 2.19. The Bertz CT molecular complexity index is 1260. The highest BCUT2D eigenvalue weighted by Crippen LogP contribution is 2.21. The zero-order valence-electron chi connectivity index (χ0n) is 58.1. The van der Waals surface area contributed by atoms with Crippen LogP contribution >= 0.6 is 0 Å². The summed E-state index contributed by atoms with van der Waals surface area (Å²) in [4.78, 5) is 33.0. The van der Waals surface area contributed by atoms with Crippen molar-refractivity contribution in [3.8, 4) is 0 Å². The van der Waals surface area contributed by atoms with Crippen LogP contribution in [0.1, 0.15) is 459 Å². The van der Waals surface area contributed by atoms with E-state index in [1.807, 2.05) is 24.3 Å². The zero-order valence-corrected chi connectivity index (χ0v) is 58.1. The van der Waals surface area contributed by atoms with E-state index in [1.165, 1.54) is 385 Å². The lowest BCUT2D eigenvalue weighted by Gasteiger charge is -2.24. The van der Waals surface area contributed by atoms with Crippen LogP contribution in [0, 0.1) is 0 Å². The summed E-state index contributed by atoms with van der Waals surface area (Å²) < 4.78 is 0. The van der Waals surface area contributed by atoms with E-state index in [1.54, 1.807) is 0 Å². The van der Waals surface area contributed by atoms with Gasteiger partial charge in [0.05, 0.1) is 0 Å². The summed E-state index contributed by atoms with van der Waals surface area (Å²) >= 11 is 0. The molecule has 0 fully saturated rings. The summed E-state index contributed by atoms with van der Waals surface area (Å²) in [6.07, 6.45) is 87.3. The second-order valence-corrected chi connectivity index (χ2v) is 27.4. The Labute approximate surface area is 528 Å². The van der Waals surface area contributed by atoms with Crippen LogP contribution in [-0.2, 0) is 0 Å². The highest BCUT2D eigenvalue weighted by molar-refractivity contribution is 5.97. The van der Waals surface area contributed by atoms with Crippen molar-refractivity contribution >= 4 is 11.8 Å². The molecule has 0 spiro atoms. The van der Waals surface area contributed by atoms with E-state index in [0.717, 1.165) is 63.0 Å². The summed E-state index contributed by atoms with van der Waals surface area (Å²) in [5.74, 6) is 0.322. The minimum atomic E-state index is 0.161. The van der Waals surface area contributed by atoms with Crippen LogP contribution in [0.25, 0.3) is 0 Å². The van der Waals surface area contributed by atoms with Gasteiger partial charge in [-0.25, -0.2) is 0 Å². The maximum Gasteiger partial charge on any atom is 0.253 e. The minimum Gasteiger partial charge on any atom is -0.339 e. The smallest absolute Gasteiger partial charge is 0.253 e. The van der Waals surface area contributed by atoms with Crippen LogP contribution < -0.4 is 0 Å². The molecule has 0 radical (unpaired) electrons. The molecule has 494 valence electrons. The zero-order chi connectivity index (χ0) is 60.4. The van der Waals surface area contributed by atoms with E-state index in [2.05, 4.69) is 37.5 Å². The van der Waals surface area contributed by atoms with Crippen molar-refractivity contribution in [2.24, 2.45) is 0 Å². The van der Waals surface area contributed by atoms with Crippen LogP contribution in [0.4, 0.5) is 0 Å². The van der Waals surface area contributed by atoms with Gasteiger partial charge in [0.25, 0.3) is 11.8 Å². The van der Waals surface area contributed by atoms with E-state index in [4.69, 9.17) is 0 Å². The van der Waals surface area contributed by atoms with Crippen LogP contribution in [0.2, 0.25) is 0 Å². The molecule has 1 rings (SSSR count). The van der Waals surface area contributed by atoms with Gasteiger partial charge in [0.1, 0.15) is 0 Å². The van der Waals surface area contributed by atoms with Gasteiger partial charge in [-0.2, -0.15) is 0 Å². The largest absolute Gasteiger partial charge is 0.339 e. The fourth-order valence-corrected chi connectivity index (χ4v) is 13.2. The quantitative estimate of drug-likeness (QED) is 0.0610. The number of amides is 2. The molecule has 0 aliphatic heterocycles. The summed E-state index contributed by atoms with van der Waals surface area (Å²) in [5, 5.41) is 0. The Balaban J connectivity index is 2.72. The predicted octanol–water partition coefficient (Wildman–Crippen LogP) is 27.6. The number of unbranched alkanes of at least 4 members (excludes halogenated alkanes) is 60. The Morgan fingerprint density at radius 2 is 0.298 bits per heavy atom. The van der Waals surface area contributed by atoms with Gasteiger partial charge in [-0.1, -0.05) is 413 Å². The van der Waals surface area contributed by atoms with Crippen molar-refractivity contribution in [3.05, 3.63) is 35.4 Å². The molecule has 0 aliphatic rings. The van der Waals surface area contributed by atoms with Gasteiger partial charge in [0.15, 0.2) is 0 Å². The molecule has 0 heterocycles. The maximum absolute atomic E-state index is 14.3. The van der Waals surface area contributed by atoms with Crippen molar-refractivity contribution in [1.82, 2.24) is 9.80 Å². The molecule has 1 aromatic carbocycles. The molecule has 0 aromatic heterocycles. The first-order valence-electron chi connectivity index (χ1n) is 39.3. The van der Waals surface area contributed by atoms with Crippen molar-refractivity contribution in [1.29, 1.82) is 0 Å². The lowest BCUT2D eigenvalue weighted by molar-refractivity contribution is 0.0737. The van der Waals surface area contributed by atoms with Gasteiger partial charge in [-0.05, 0) is 49.9 Å². The second kappa shape index (κ2) is 67.1. The van der Waals surface area contributed by atoms with Gasteiger partial charge >= 0.3 is 0 Å². The summed E-state index contributed by atoms with van der Waals surface area (Å²) in [6.45, 7) is 12.6. The number of nitrogens with zero attached hydrogens (tertiary/aromatic N) is 2. The first kappa shape index (κ1) is 80.2. The van der Waals surface area contributed by atoms with Gasteiger partial charge in [-0.15, -0.1) is 0 Å². The number of rotatable bonds is 70. The molecule has 4 nitrogen and oxygen atoms in total. The van der Waals surface area contributed by atoms with E-state index in [9.17, 15) is 9.59 Å². The van der Waals surface area contributed by atoms with Gasteiger partial charge < -0.3 is 9.80 Å². The number of benzene rings is 1. The lowest BCUT2D eigenvalue weighted by atomic mass is 10.0. The molecule has 0 aliphatic carbocycles. The summed E-state index contributed by atoms with van der Waals surface area (Å²) in [7, 11) is 0. The SMILES string of the molecule is CCCCCCCCCCCCCCCCCCN(CCCCCCCCCCCCCCCCCC)C(=O)c1ccc(C(=O)N(CCCCCCCCCCCCCCCCCC)CCCCCCCCCCCCCCCCCC)cc1. The average Bonchev–Trinajstić information content (AvgIpc) is 3.58. The molecule has 1 aromatic rings. The second-order valence-electron chi connectivity index (χ2n) is 27.4. The Morgan fingerprint density at radius 3 is 0.417 bits per heavy atom. The molecule has 0 N–H and O–H groups in total. The van der Waals surface area contributed by atoms with Gasteiger partial charge in [-0.3, -0.25) is 9.59 Å². The Hall–Kier alpha value is -1.84. The van der Waals surface area contributed by atoms with Crippen LogP contribution in [0.3, 0.4) is 0 Å². The Morgan fingerprint density at radius 1 is 0.190 bits per heavy atom. The molecule has 0 atom stereocenters. The molecular formula is C80H152N2O2. The molecule has 2 amide bonds. The van der Waals surface area contributed by atoms with Gasteiger partial charge in [0.2, 0.25) is 0 Å². The molecule has 0 unspecified atom stereocenters. The first-order chi connectivity index (χ1) is 41.6. The molecule has 0 saturated heterocycles. The number of hydrogen-bond acceptors (Lipinski definition) is 2. The molecular weight excluding hydrogens is 1020 g/mol. The van der Waals surface area contributed by atoms with E-state index in [0.29, 0.717) is 0 Å². The fourth-order valence-electron chi connectivity index (χ4n) is 13.2. The first-order valence-corrected chi connectivity index (χ1v) is 39.3. The van der Waals surface area contributed by atoms with Crippen LogP contribution in [-0.4, -0.2) is 47.8 Å². The molecule has 0 saturated carbocycles. The molecule has 4 heteroatoms. The minimum absolute atomic E-state index is 0.161. The number of hydrogen-bond donors (Lipinski definition) is 0. The van der Waals surface area contributed by atoms with Crippen molar-refractivity contribution < 1.29 is 9.59 Å². The highest BCUT2D eigenvalue weighted by atomic mass is 16.2. The molecule has 0 bridgehead atoms. The molecule has 84 heavy (non-hydrogen) atoms. The van der Waals surface area contributed by atoms with Gasteiger partial charge in [0, 0.05) is 37.3 Å². The standard InChI is InChI=1S/C80H152N2O2/c1-5-9-13-17-21-25-29-33-37-41-45-49-53-57-61-65-73-81(74-66-62-58-54-50-46-42-38-34-30-26-22-18-14-10-6-2)79(83)77-69-71-78(72-70-77)80(84)82(75-67-63-59-55-51-47-43-39-35-31-27-23-19-15-11-7-3)76-68-64-60-56-52-48-44-40-36-32-28-24-20-16-12-8-4/h69-72H,5-68,73-76H2,1-4H3. The Kier molecular flexibility index (Phi) is 64.0. The average molecular weight is 1170 g/mol. The summed E-state index contributed by atoms with van der Waals surface area (Å²) in [5.41, 5.74) is 1.50. The third kappa shape index (κ3) is 54.3. The van der Waals surface area contributed by atoms with Crippen molar-refractivity contribution in [2.75, 3.05) is 26.2 Å². The van der Waals surface area contributed by atoms with Crippen LogP contribution in [0.5, 0.6) is 0 Å². The third-order valence-electron chi connectivity index (χ3n) is 19.1. The number of carbonyl (C=O) groups is 2. The fraction of sp³-hybridized carbons (Fsp3) is 0.900. The van der Waals surface area contributed by atoms with E-state index in [-0.39, 0.29) is 11.8 Å². The monoisotopic (exact) mass is 1170 g/mol.